The molecule has 1 aromatic carbocycles. The molecule has 1 rings (SSSR count). The van der Waals surface area contributed by atoms with E-state index in [2.05, 4.69) is 0 Å². The smallest absolute Gasteiger partial charge is 0.323 e. The summed E-state index contributed by atoms with van der Waals surface area (Å²) in [5.74, 6) is -1.84. The Labute approximate surface area is 201 Å². The molecule has 190 valence electrons. The fourth-order valence-corrected chi connectivity index (χ4v) is 2.51. The van der Waals surface area contributed by atoms with Gasteiger partial charge in [-0.1, -0.05) is 26.8 Å². The van der Waals surface area contributed by atoms with Gasteiger partial charge in [-0.3, -0.25) is 19.2 Å². The number of rotatable bonds is 12. The highest BCUT2D eigenvalue weighted by molar-refractivity contribution is 5.78. The molecule has 0 bridgehead atoms. The Kier molecular flexibility index (Phi) is 11.2. The first-order valence-corrected chi connectivity index (χ1v) is 11.6. The Hall–Kier alpha value is -2.94. The van der Waals surface area contributed by atoms with Crippen LogP contribution in [0.2, 0.25) is 0 Å². The Morgan fingerprint density at radius 2 is 1.41 bits per heavy atom. The van der Waals surface area contributed by atoms with Gasteiger partial charge in [0.15, 0.2) is 11.5 Å². The molecular formula is C25H37NO8. The minimum atomic E-state index is -1.02. The van der Waals surface area contributed by atoms with Gasteiger partial charge in [0.05, 0.1) is 5.41 Å². The maximum Gasteiger partial charge on any atom is 0.323 e. The van der Waals surface area contributed by atoms with E-state index in [1.807, 2.05) is 6.92 Å². The van der Waals surface area contributed by atoms with E-state index in [4.69, 9.17) is 24.7 Å². The molecule has 0 heterocycles. The van der Waals surface area contributed by atoms with E-state index in [9.17, 15) is 19.2 Å². The molecular weight excluding hydrogens is 442 g/mol. The molecule has 0 fully saturated rings. The predicted molar refractivity (Wildman–Crippen MR) is 125 cm³/mol. The van der Waals surface area contributed by atoms with Crippen LogP contribution in [0.3, 0.4) is 0 Å². The van der Waals surface area contributed by atoms with Crippen LogP contribution in [0.15, 0.2) is 18.2 Å². The van der Waals surface area contributed by atoms with E-state index in [0.29, 0.717) is 12.0 Å². The van der Waals surface area contributed by atoms with Gasteiger partial charge in [-0.15, -0.1) is 0 Å². The van der Waals surface area contributed by atoms with Crippen molar-refractivity contribution in [1.82, 2.24) is 0 Å². The van der Waals surface area contributed by atoms with Crippen molar-refractivity contribution in [2.24, 2.45) is 11.1 Å². The largest absolute Gasteiger partial charge is 0.458 e. The molecule has 0 radical (unpaired) electrons. The van der Waals surface area contributed by atoms with Crippen molar-refractivity contribution in [3.8, 4) is 11.5 Å². The highest BCUT2D eigenvalue weighted by Gasteiger charge is 2.31. The van der Waals surface area contributed by atoms with Crippen LogP contribution >= 0.6 is 0 Å². The molecule has 0 aromatic heterocycles. The van der Waals surface area contributed by atoms with E-state index in [1.54, 1.807) is 47.6 Å². The monoisotopic (exact) mass is 479 g/mol. The Morgan fingerprint density at radius 1 is 0.882 bits per heavy atom. The van der Waals surface area contributed by atoms with Crippen molar-refractivity contribution in [2.45, 2.75) is 92.4 Å². The maximum absolute atomic E-state index is 12.5. The zero-order valence-corrected chi connectivity index (χ0v) is 21.1. The second kappa shape index (κ2) is 13.1. The zero-order valence-electron chi connectivity index (χ0n) is 21.1. The SMILES string of the molecule is CCC(=O)Oc1ccc(C[C@H](N)C(=O)O[C@@H](C)[C@H](C)OC(=O)C(C)(C)CC)cc1OC(=O)CC. The lowest BCUT2D eigenvalue weighted by molar-refractivity contribution is -0.172. The van der Waals surface area contributed by atoms with E-state index in [-0.39, 0.29) is 36.7 Å². The molecule has 0 amide bonds. The van der Waals surface area contributed by atoms with Gasteiger partial charge < -0.3 is 24.7 Å². The van der Waals surface area contributed by atoms with Crippen molar-refractivity contribution >= 4 is 23.9 Å². The van der Waals surface area contributed by atoms with Gasteiger partial charge in [0, 0.05) is 12.8 Å². The summed E-state index contributed by atoms with van der Waals surface area (Å²) >= 11 is 0. The maximum atomic E-state index is 12.5. The topological polar surface area (TPSA) is 131 Å². The number of carbonyl (C=O) groups is 4. The minimum Gasteiger partial charge on any atom is -0.458 e. The summed E-state index contributed by atoms with van der Waals surface area (Å²) in [5, 5.41) is 0. The molecule has 1 aromatic rings. The van der Waals surface area contributed by atoms with Crippen LogP contribution in [-0.4, -0.2) is 42.1 Å². The molecule has 9 nitrogen and oxygen atoms in total. The number of benzene rings is 1. The number of hydrogen-bond acceptors (Lipinski definition) is 9. The second-order valence-electron chi connectivity index (χ2n) is 8.74. The first-order valence-electron chi connectivity index (χ1n) is 11.6. The van der Waals surface area contributed by atoms with Crippen molar-refractivity contribution < 1.29 is 38.1 Å². The lowest BCUT2D eigenvalue weighted by atomic mass is 9.90. The molecule has 0 saturated heterocycles. The Bertz CT molecular complexity index is 880. The summed E-state index contributed by atoms with van der Waals surface area (Å²) in [6, 6.07) is 3.59. The molecule has 3 atom stereocenters. The van der Waals surface area contributed by atoms with E-state index in [1.165, 1.54) is 12.1 Å². The first kappa shape index (κ1) is 29.1. The van der Waals surface area contributed by atoms with Crippen LogP contribution in [-0.2, 0) is 35.1 Å². The molecule has 0 aliphatic carbocycles. The van der Waals surface area contributed by atoms with E-state index >= 15 is 0 Å². The number of hydrogen-bond donors (Lipinski definition) is 1. The molecule has 0 aliphatic heterocycles. The minimum absolute atomic E-state index is 0.0687. The van der Waals surface area contributed by atoms with E-state index in [0.717, 1.165) is 0 Å². The van der Waals surface area contributed by atoms with Gasteiger partial charge in [0.1, 0.15) is 18.2 Å². The number of carbonyl (C=O) groups excluding carboxylic acids is 4. The summed E-state index contributed by atoms with van der Waals surface area (Å²) in [7, 11) is 0. The third-order valence-electron chi connectivity index (χ3n) is 5.48. The fraction of sp³-hybridized carbons (Fsp3) is 0.600. The Morgan fingerprint density at radius 3 is 1.94 bits per heavy atom. The predicted octanol–water partition coefficient (Wildman–Crippen LogP) is 3.49. The van der Waals surface area contributed by atoms with Crippen molar-refractivity contribution in [3.05, 3.63) is 23.8 Å². The lowest BCUT2D eigenvalue weighted by Gasteiger charge is -2.27. The van der Waals surface area contributed by atoms with Crippen LogP contribution in [0.1, 0.15) is 73.3 Å². The molecule has 9 heteroatoms. The first-order chi connectivity index (χ1) is 15.8. The molecule has 0 spiro atoms. The lowest BCUT2D eigenvalue weighted by Crippen LogP contribution is -2.40. The summed E-state index contributed by atoms with van der Waals surface area (Å²) in [5.41, 5.74) is 5.98. The average molecular weight is 480 g/mol. The molecule has 34 heavy (non-hydrogen) atoms. The quantitative estimate of drug-likeness (QED) is 0.353. The van der Waals surface area contributed by atoms with Gasteiger partial charge in [0.2, 0.25) is 0 Å². The zero-order chi connectivity index (χ0) is 26.1. The van der Waals surface area contributed by atoms with Crippen LogP contribution < -0.4 is 15.2 Å². The van der Waals surface area contributed by atoms with Crippen LogP contribution in [0.5, 0.6) is 11.5 Å². The van der Waals surface area contributed by atoms with Crippen LogP contribution in [0, 0.1) is 5.41 Å². The third kappa shape index (κ3) is 8.78. The van der Waals surface area contributed by atoms with Gasteiger partial charge >= 0.3 is 23.9 Å². The molecule has 0 unspecified atom stereocenters. The van der Waals surface area contributed by atoms with Gasteiger partial charge in [-0.25, -0.2) is 0 Å². The average Bonchev–Trinajstić information content (AvgIpc) is 2.79. The third-order valence-corrected chi connectivity index (χ3v) is 5.48. The second-order valence-corrected chi connectivity index (χ2v) is 8.74. The highest BCUT2D eigenvalue weighted by atomic mass is 16.6. The van der Waals surface area contributed by atoms with Crippen molar-refractivity contribution in [3.63, 3.8) is 0 Å². The van der Waals surface area contributed by atoms with Crippen molar-refractivity contribution in [1.29, 1.82) is 0 Å². The fourth-order valence-electron chi connectivity index (χ4n) is 2.51. The summed E-state index contributed by atoms with van der Waals surface area (Å²) in [6.07, 6.45) is -0.367. The number of esters is 4. The number of ether oxygens (including phenoxy) is 4. The van der Waals surface area contributed by atoms with Crippen molar-refractivity contribution in [2.75, 3.05) is 0 Å². The molecule has 0 aliphatic rings. The standard InChI is InChI=1S/C25H37NO8/c1-8-21(27)33-19-12-11-17(14-20(19)34-22(28)9-2)13-18(26)23(29)31-15(4)16(5)32-24(30)25(6,7)10-3/h11-12,14-16,18H,8-10,13,26H2,1-7H3/t15-,16-,18-/m0/s1. The number of nitrogens with two attached hydrogens (primary N) is 1. The molecule has 0 saturated carbocycles. The van der Waals surface area contributed by atoms with Gasteiger partial charge in [-0.2, -0.15) is 0 Å². The van der Waals surface area contributed by atoms with Gasteiger partial charge in [-0.05, 0) is 58.2 Å². The van der Waals surface area contributed by atoms with Crippen LogP contribution in [0.4, 0.5) is 0 Å². The van der Waals surface area contributed by atoms with Gasteiger partial charge in [0.25, 0.3) is 0 Å². The summed E-state index contributed by atoms with van der Waals surface area (Å²) < 4.78 is 21.3. The normalized spacial score (nSPS) is 13.9. The summed E-state index contributed by atoms with van der Waals surface area (Å²) in [6.45, 7) is 12.0. The highest BCUT2D eigenvalue weighted by Crippen LogP contribution is 2.30. The van der Waals surface area contributed by atoms with E-state index < -0.39 is 41.6 Å². The summed E-state index contributed by atoms with van der Waals surface area (Å²) in [4.78, 5) is 48.2. The Balaban J connectivity index is 2.85. The van der Waals surface area contributed by atoms with Crippen LogP contribution in [0.25, 0.3) is 0 Å². The molecule has 2 N–H and O–H groups in total.